The smallest absolute Gasteiger partial charge is 0.240 e. The second-order valence-corrected chi connectivity index (χ2v) is 5.77. The van der Waals surface area contributed by atoms with Gasteiger partial charge in [-0.15, -0.1) is 0 Å². The fraction of sp³-hybridized carbons (Fsp3) is 0.909. The molecule has 1 heterocycles. The molecule has 1 fully saturated rings. The summed E-state index contributed by atoms with van der Waals surface area (Å²) < 4.78 is 0. The number of nitrogens with one attached hydrogen (secondary N) is 1. The van der Waals surface area contributed by atoms with Gasteiger partial charge in [-0.1, -0.05) is 0 Å². The van der Waals surface area contributed by atoms with Crippen LogP contribution in [0.4, 0.5) is 0 Å². The Labute approximate surface area is 92.2 Å². The van der Waals surface area contributed by atoms with Gasteiger partial charge in [0.2, 0.25) is 5.91 Å². The van der Waals surface area contributed by atoms with E-state index in [9.17, 15) is 4.79 Å². The lowest BCUT2D eigenvalue weighted by Gasteiger charge is -2.54. The van der Waals surface area contributed by atoms with Crippen LogP contribution in [0, 0.1) is 0 Å². The van der Waals surface area contributed by atoms with E-state index in [0.29, 0.717) is 13.1 Å². The van der Waals surface area contributed by atoms with E-state index < -0.39 is 5.54 Å². The standard InChI is InChI=1S/C11H23N3O/c1-8(2)13-11(9(12)15)6-14(7-11)10(3,4)5/h8,13H,6-7H2,1-5H3,(H2,12,15). The van der Waals surface area contributed by atoms with E-state index in [1.54, 1.807) is 0 Å². The number of carbonyl (C=O) groups excluding carboxylic acids is 1. The van der Waals surface area contributed by atoms with Crippen molar-refractivity contribution in [3.63, 3.8) is 0 Å². The largest absolute Gasteiger partial charge is 0.368 e. The lowest BCUT2D eigenvalue weighted by molar-refractivity contribution is -0.136. The summed E-state index contributed by atoms with van der Waals surface area (Å²) in [5.74, 6) is -0.239. The molecule has 0 aromatic heterocycles. The maximum atomic E-state index is 11.4. The fourth-order valence-corrected chi connectivity index (χ4v) is 1.95. The molecule has 1 saturated heterocycles. The Bertz CT molecular complexity index is 249. The number of nitrogens with two attached hydrogens (primary N) is 1. The Morgan fingerprint density at radius 3 is 2.13 bits per heavy atom. The second-order valence-electron chi connectivity index (χ2n) is 5.77. The Kier molecular flexibility index (Phi) is 3.12. The second kappa shape index (κ2) is 3.76. The summed E-state index contributed by atoms with van der Waals surface area (Å²) in [6.45, 7) is 11.9. The summed E-state index contributed by atoms with van der Waals surface area (Å²) in [5.41, 5.74) is 5.05. The average molecular weight is 213 g/mol. The summed E-state index contributed by atoms with van der Waals surface area (Å²) >= 11 is 0. The molecule has 0 aromatic rings. The zero-order valence-electron chi connectivity index (χ0n) is 10.4. The fourth-order valence-electron chi connectivity index (χ4n) is 1.95. The molecule has 15 heavy (non-hydrogen) atoms. The first-order chi connectivity index (χ1) is 6.67. The molecule has 0 atom stereocenters. The van der Waals surface area contributed by atoms with Crippen molar-refractivity contribution >= 4 is 5.91 Å². The van der Waals surface area contributed by atoms with Crippen molar-refractivity contribution < 1.29 is 4.79 Å². The van der Waals surface area contributed by atoms with Crippen LogP contribution in [0.25, 0.3) is 0 Å². The van der Waals surface area contributed by atoms with Crippen LogP contribution >= 0.6 is 0 Å². The van der Waals surface area contributed by atoms with Crippen molar-refractivity contribution in [2.24, 2.45) is 5.73 Å². The Hall–Kier alpha value is -0.610. The van der Waals surface area contributed by atoms with Crippen LogP contribution in [0.5, 0.6) is 0 Å². The van der Waals surface area contributed by atoms with Crippen LogP contribution in [-0.2, 0) is 4.79 Å². The summed E-state index contributed by atoms with van der Waals surface area (Å²) in [6.07, 6.45) is 0. The highest BCUT2D eigenvalue weighted by atomic mass is 16.1. The van der Waals surface area contributed by atoms with Crippen molar-refractivity contribution in [2.45, 2.75) is 51.7 Å². The Balaban J connectivity index is 2.65. The third-order valence-corrected chi connectivity index (χ3v) is 2.91. The molecule has 1 aliphatic heterocycles. The predicted molar refractivity (Wildman–Crippen MR) is 61.5 cm³/mol. The monoisotopic (exact) mass is 213 g/mol. The molecule has 1 rings (SSSR count). The highest BCUT2D eigenvalue weighted by Crippen LogP contribution is 2.28. The van der Waals surface area contributed by atoms with E-state index in [2.05, 4.69) is 31.0 Å². The Morgan fingerprint density at radius 2 is 1.87 bits per heavy atom. The highest BCUT2D eigenvalue weighted by molar-refractivity contribution is 5.86. The minimum Gasteiger partial charge on any atom is -0.368 e. The van der Waals surface area contributed by atoms with Crippen LogP contribution in [0.1, 0.15) is 34.6 Å². The molecule has 88 valence electrons. The summed E-state index contributed by atoms with van der Waals surface area (Å²) in [7, 11) is 0. The van der Waals surface area contributed by atoms with E-state index in [-0.39, 0.29) is 17.5 Å². The van der Waals surface area contributed by atoms with Crippen LogP contribution in [0.15, 0.2) is 0 Å². The van der Waals surface area contributed by atoms with Gasteiger partial charge in [0.1, 0.15) is 5.54 Å². The molecule has 0 radical (unpaired) electrons. The Morgan fingerprint density at radius 1 is 1.40 bits per heavy atom. The summed E-state index contributed by atoms with van der Waals surface area (Å²) in [6, 6.07) is 0.277. The van der Waals surface area contributed by atoms with Crippen LogP contribution in [0.2, 0.25) is 0 Å². The number of hydrogen-bond donors (Lipinski definition) is 2. The molecule has 0 saturated carbocycles. The third-order valence-electron chi connectivity index (χ3n) is 2.91. The number of rotatable bonds is 3. The van der Waals surface area contributed by atoms with Gasteiger partial charge in [0, 0.05) is 24.7 Å². The quantitative estimate of drug-likeness (QED) is 0.710. The summed E-state index contributed by atoms with van der Waals surface area (Å²) in [4.78, 5) is 13.7. The van der Waals surface area contributed by atoms with E-state index >= 15 is 0 Å². The molecule has 0 bridgehead atoms. The zero-order valence-corrected chi connectivity index (χ0v) is 10.4. The third kappa shape index (κ3) is 2.49. The first-order valence-electron chi connectivity index (χ1n) is 5.50. The van der Waals surface area contributed by atoms with Gasteiger partial charge in [-0.25, -0.2) is 0 Å². The van der Waals surface area contributed by atoms with E-state index in [4.69, 9.17) is 5.73 Å². The van der Waals surface area contributed by atoms with Gasteiger partial charge in [-0.3, -0.25) is 15.0 Å². The molecule has 0 unspecified atom stereocenters. The van der Waals surface area contributed by atoms with Crippen molar-refractivity contribution in [1.82, 2.24) is 10.2 Å². The average Bonchev–Trinajstić information content (AvgIpc) is 1.91. The van der Waals surface area contributed by atoms with Crippen molar-refractivity contribution in [3.8, 4) is 0 Å². The number of hydrogen-bond acceptors (Lipinski definition) is 3. The lowest BCUT2D eigenvalue weighted by atomic mass is 9.84. The molecule has 1 amide bonds. The lowest BCUT2D eigenvalue weighted by Crippen LogP contribution is -2.78. The molecule has 0 spiro atoms. The van der Waals surface area contributed by atoms with Crippen LogP contribution < -0.4 is 11.1 Å². The zero-order chi connectivity index (χ0) is 11.9. The van der Waals surface area contributed by atoms with Gasteiger partial charge < -0.3 is 5.73 Å². The van der Waals surface area contributed by atoms with Crippen molar-refractivity contribution in [3.05, 3.63) is 0 Å². The highest BCUT2D eigenvalue weighted by Gasteiger charge is 2.51. The molecule has 4 heteroatoms. The molecule has 0 aromatic carbocycles. The number of nitrogens with zero attached hydrogens (tertiary/aromatic N) is 1. The predicted octanol–water partition coefficient (Wildman–Crippen LogP) is 0.323. The topological polar surface area (TPSA) is 58.4 Å². The van der Waals surface area contributed by atoms with E-state index in [1.165, 1.54) is 0 Å². The molecule has 3 N–H and O–H groups in total. The first kappa shape index (κ1) is 12.5. The molecule has 0 aliphatic carbocycles. The van der Waals surface area contributed by atoms with Crippen LogP contribution in [0.3, 0.4) is 0 Å². The van der Waals surface area contributed by atoms with Crippen molar-refractivity contribution in [2.75, 3.05) is 13.1 Å². The normalized spacial score (nSPS) is 21.5. The maximum absolute atomic E-state index is 11.4. The minimum atomic E-state index is -0.512. The SMILES string of the molecule is CC(C)NC1(C(N)=O)CN(C(C)(C)C)C1. The number of amides is 1. The van der Waals surface area contributed by atoms with Gasteiger partial charge in [0.15, 0.2) is 0 Å². The number of carbonyl (C=O) groups is 1. The molecule has 4 nitrogen and oxygen atoms in total. The first-order valence-corrected chi connectivity index (χ1v) is 5.50. The van der Waals surface area contributed by atoms with Gasteiger partial charge in [0.25, 0.3) is 0 Å². The minimum absolute atomic E-state index is 0.109. The van der Waals surface area contributed by atoms with Gasteiger partial charge >= 0.3 is 0 Å². The van der Waals surface area contributed by atoms with Gasteiger partial charge in [-0.05, 0) is 34.6 Å². The van der Waals surface area contributed by atoms with E-state index in [1.807, 2.05) is 13.8 Å². The summed E-state index contributed by atoms with van der Waals surface area (Å²) in [5, 5.41) is 3.28. The van der Waals surface area contributed by atoms with Crippen LogP contribution in [-0.4, -0.2) is 41.0 Å². The molecule has 1 aliphatic rings. The van der Waals surface area contributed by atoms with Gasteiger partial charge in [-0.2, -0.15) is 0 Å². The van der Waals surface area contributed by atoms with Crippen molar-refractivity contribution in [1.29, 1.82) is 0 Å². The maximum Gasteiger partial charge on any atom is 0.240 e. The number of primary amides is 1. The van der Waals surface area contributed by atoms with Gasteiger partial charge in [0.05, 0.1) is 0 Å². The molecular weight excluding hydrogens is 190 g/mol. The molecular formula is C11H23N3O. The number of likely N-dealkylation sites (tertiary alicyclic amines) is 1. The van der Waals surface area contributed by atoms with E-state index in [0.717, 1.165) is 0 Å².